The fourth-order valence-electron chi connectivity index (χ4n) is 3.75. The molecule has 156 valence electrons. The van der Waals surface area contributed by atoms with Gasteiger partial charge in [0.05, 0.1) is 6.61 Å². The number of fused-ring (bicyclic) bond motifs is 1. The minimum Gasteiger partial charge on any atom is -0.381 e. The van der Waals surface area contributed by atoms with Gasteiger partial charge in [0.15, 0.2) is 5.96 Å². The molecule has 0 aliphatic carbocycles. The Morgan fingerprint density at radius 3 is 2.64 bits per heavy atom. The molecule has 3 rings (SSSR count). The quantitative estimate of drug-likeness (QED) is 0.271. The van der Waals surface area contributed by atoms with Crippen LogP contribution in [0.4, 0.5) is 0 Å². The van der Waals surface area contributed by atoms with Crippen molar-refractivity contribution in [1.82, 2.24) is 15.1 Å². The van der Waals surface area contributed by atoms with Crippen molar-refractivity contribution in [3.8, 4) is 0 Å². The molecule has 1 amide bonds. The Bertz CT molecular complexity index is 637. The third-order valence-corrected chi connectivity index (χ3v) is 5.26. The Kier molecular flexibility index (Phi) is 9.50. The normalized spacial score (nSPS) is 18.6. The van der Waals surface area contributed by atoms with Crippen LogP contribution < -0.4 is 5.32 Å². The van der Waals surface area contributed by atoms with E-state index in [0.717, 1.165) is 58.2 Å². The average Bonchev–Trinajstić information content (AvgIpc) is 3.33. The lowest BCUT2D eigenvalue weighted by molar-refractivity contribution is -0.131. The molecule has 1 aromatic carbocycles. The number of carbonyl (C=O) groups excluding carboxylic acids is 1. The van der Waals surface area contributed by atoms with Crippen LogP contribution in [0.3, 0.4) is 0 Å². The molecule has 0 saturated carbocycles. The van der Waals surface area contributed by atoms with E-state index in [1.165, 1.54) is 11.1 Å². The molecule has 2 heterocycles. The lowest BCUT2D eigenvalue weighted by Crippen LogP contribution is -2.41. The highest BCUT2D eigenvalue weighted by Crippen LogP contribution is 2.23. The van der Waals surface area contributed by atoms with Gasteiger partial charge in [0, 0.05) is 58.7 Å². The van der Waals surface area contributed by atoms with Crippen LogP contribution in [0.25, 0.3) is 0 Å². The molecule has 1 atom stereocenters. The Hall–Kier alpha value is -1.35. The molecule has 28 heavy (non-hydrogen) atoms. The van der Waals surface area contributed by atoms with Crippen molar-refractivity contribution in [2.24, 2.45) is 10.9 Å². The fraction of sp³-hybridized carbons (Fsp3) is 0.619. The summed E-state index contributed by atoms with van der Waals surface area (Å²) in [5.74, 6) is 1.73. The summed E-state index contributed by atoms with van der Waals surface area (Å²) >= 11 is 0. The smallest absolute Gasteiger partial charge is 0.223 e. The van der Waals surface area contributed by atoms with Crippen molar-refractivity contribution in [3.63, 3.8) is 0 Å². The van der Waals surface area contributed by atoms with E-state index in [2.05, 4.69) is 36.3 Å². The lowest BCUT2D eigenvalue weighted by Gasteiger charge is -2.24. The van der Waals surface area contributed by atoms with Gasteiger partial charge in [0.2, 0.25) is 5.91 Å². The van der Waals surface area contributed by atoms with Crippen LogP contribution in [-0.4, -0.2) is 61.6 Å². The van der Waals surface area contributed by atoms with E-state index in [1.807, 2.05) is 17.0 Å². The largest absolute Gasteiger partial charge is 0.381 e. The zero-order valence-corrected chi connectivity index (χ0v) is 19.4. The Labute approximate surface area is 185 Å². The van der Waals surface area contributed by atoms with Crippen molar-refractivity contribution >= 4 is 35.8 Å². The number of nitrogens with one attached hydrogen (secondary N) is 1. The van der Waals surface area contributed by atoms with Gasteiger partial charge < -0.3 is 19.9 Å². The second kappa shape index (κ2) is 11.6. The SMILES string of the molecule is CCNC(=NCCCC(=O)N1Cc2ccccc2C1)N(C)CC1CCOC1.I. The van der Waals surface area contributed by atoms with Crippen LogP contribution in [0.15, 0.2) is 29.3 Å². The van der Waals surface area contributed by atoms with Crippen molar-refractivity contribution in [3.05, 3.63) is 35.4 Å². The summed E-state index contributed by atoms with van der Waals surface area (Å²) in [6.45, 7) is 7.74. The predicted molar refractivity (Wildman–Crippen MR) is 123 cm³/mol. The molecule has 0 bridgehead atoms. The number of ether oxygens (including phenoxy) is 1. The Morgan fingerprint density at radius 2 is 2.04 bits per heavy atom. The van der Waals surface area contributed by atoms with E-state index in [9.17, 15) is 4.79 Å². The molecule has 2 aliphatic heterocycles. The lowest BCUT2D eigenvalue weighted by atomic mass is 10.1. The van der Waals surface area contributed by atoms with E-state index < -0.39 is 0 Å². The van der Waals surface area contributed by atoms with Crippen LogP contribution in [0, 0.1) is 5.92 Å². The first-order valence-corrected chi connectivity index (χ1v) is 10.1. The number of hydrogen-bond donors (Lipinski definition) is 1. The van der Waals surface area contributed by atoms with Crippen molar-refractivity contribution in [1.29, 1.82) is 0 Å². The van der Waals surface area contributed by atoms with Gasteiger partial charge >= 0.3 is 0 Å². The minimum absolute atomic E-state index is 0. The molecule has 0 radical (unpaired) electrons. The van der Waals surface area contributed by atoms with Gasteiger partial charge in [0.25, 0.3) is 0 Å². The molecule has 0 spiro atoms. The number of benzene rings is 1. The molecule has 6 nitrogen and oxygen atoms in total. The maximum absolute atomic E-state index is 12.5. The molecule has 1 saturated heterocycles. The first kappa shape index (κ1) is 22.9. The van der Waals surface area contributed by atoms with Gasteiger partial charge in [-0.2, -0.15) is 0 Å². The molecule has 0 aromatic heterocycles. The topological polar surface area (TPSA) is 57.2 Å². The number of halogens is 1. The highest BCUT2D eigenvalue weighted by Gasteiger charge is 2.22. The Balaban J connectivity index is 0.00000280. The summed E-state index contributed by atoms with van der Waals surface area (Å²) in [6, 6.07) is 8.30. The maximum Gasteiger partial charge on any atom is 0.223 e. The molecule has 2 aliphatic rings. The maximum atomic E-state index is 12.5. The van der Waals surface area contributed by atoms with Crippen LogP contribution in [0.2, 0.25) is 0 Å². The highest BCUT2D eigenvalue weighted by molar-refractivity contribution is 14.0. The van der Waals surface area contributed by atoms with Crippen molar-refractivity contribution in [2.75, 3.05) is 39.9 Å². The molecule has 7 heteroatoms. The van der Waals surface area contributed by atoms with Gasteiger partial charge in [-0.05, 0) is 30.9 Å². The molecular formula is C21H33IN4O2. The summed E-state index contributed by atoms with van der Waals surface area (Å²) in [7, 11) is 2.08. The van der Waals surface area contributed by atoms with Crippen LogP contribution in [-0.2, 0) is 22.6 Å². The molecule has 1 fully saturated rings. The predicted octanol–water partition coefficient (Wildman–Crippen LogP) is 2.86. The minimum atomic E-state index is 0. The number of guanidine groups is 1. The van der Waals surface area contributed by atoms with Crippen LogP contribution in [0.5, 0.6) is 0 Å². The van der Waals surface area contributed by atoms with E-state index in [4.69, 9.17) is 9.73 Å². The van der Waals surface area contributed by atoms with Crippen molar-refractivity contribution < 1.29 is 9.53 Å². The summed E-state index contributed by atoms with van der Waals surface area (Å²) in [6.07, 6.45) is 2.45. The zero-order chi connectivity index (χ0) is 19.1. The fourth-order valence-corrected chi connectivity index (χ4v) is 3.75. The van der Waals surface area contributed by atoms with Crippen molar-refractivity contribution in [2.45, 2.75) is 39.3 Å². The Morgan fingerprint density at radius 1 is 1.32 bits per heavy atom. The second-order valence-electron chi connectivity index (χ2n) is 7.47. The van der Waals surface area contributed by atoms with E-state index >= 15 is 0 Å². The van der Waals surface area contributed by atoms with Gasteiger partial charge in [-0.25, -0.2) is 0 Å². The third kappa shape index (κ3) is 6.34. The van der Waals surface area contributed by atoms with Gasteiger partial charge in [-0.1, -0.05) is 24.3 Å². The number of carbonyl (C=O) groups is 1. The third-order valence-electron chi connectivity index (χ3n) is 5.26. The molecule has 1 aromatic rings. The first-order valence-electron chi connectivity index (χ1n) is 10.1. The van der Waals surface area contributed by atoms with E-state index in [0.29, 0.717) is 18.9 Å². The van der Waals surface area contributed by atoms with Crippen LogP contribution >= 0.6 is 24.0 Å². The van der Waals surface area contributed by atoms with Gasteiger partial charge in [-0.3, -0.25) is 9.79 Å². The summed E-state index contributed by atoms with van der Waals surface area (Å²) in [4.78, 5) is 21.3. The van der Waals surface area contributed by atoms with E-state index in [-0.39, 0.29) is 29.9 Å². The van der Waals surface area contributed by atoms with Crippen LogP contribution in [0.1, 0.15) is 37.3 Å². The first-order chi connectivity index (χ1) is 13.2. The second-order valence-corrected chi connectivity index (χ2v) is 7.47. The monoisotopic (exact) mass is 500 g/mol. The summed E-state index contributed by atoms with van der Waals surface area (Å²) in [5.41, 5.74) is 2.55. The number of rotatable bonds is 7. The number of nitrogens with zero attached hydrogens (tertiary/aromatic N) is 3. The number of hydrogen-bond acceptors (Lipinski definition) is 3. The average molecular weight is 500 g/mol. The molecule has 1 unspecified atom stereocenters. The van der Waals surface area contributed by atoms with Gasteiger partial charge in [-0.15, -0.1) is 24.0 Å². The highest BCUT2D eigenvalue weighted by atomic mass is 127. The molecular weight excluding hydrogens is 467 g/mol. The zero-order valence-electron chi connectivity index (χ0n) is 17.0. The van der Waals surface area contributed by atoms with Gasteiger partial charge in [0.1, 0.15) is 0 Å². The summed E-state index contributed by atoms with van der Waals surface area (Å²) in [5, 5.41) is 3.35. The van der Waals surface area contributed by atoms with E-state index in [1.54, 1.807) is 0 Å². The molecule has 1 N–H and O–H groups in total. The summed E-state index contributed by atoms with van der Waals surface area (Å²) < 4.78 is 5.47. The number of aliphatic imine (C=N–C) groups is 1. The number of amides is 1. The standard InChI is InChI=1S/C21H32N4O2.HI/c1-3-22-21(24(2)13-17-10-12-27-16-17)23-11-6-9-20(26)25-14-18-7-4-5-8-19(18)15-25;/h4-5,7-8,17H,3,6,9-16H2,1-2H3,(H,22,23);1H.